The van der Waals surface area contributed by atoms with Crippen LogP contribution in [0.5, 0.6) is 0 Å². The second-order valence-corrected chi connectivity index (χ2v) is 11.7. The van der Waals surface area contributed by atoms with Crippen molar-refractivity contribution < 1.29 is 0 Å². The Bertz CT molecular complexity index is 2590. The van der Waals surface area contributed by atoms with E-state index >= 15 is 0 Å². The summed E-state index contributed by atoms with van der Waals surface area (Å²) in [5.74, 6) is 1.96. The first-order valence-corrected chi connectivity index (χ1v) is 15.5. The Morgan fingerprint density at radius 2 is 0.804 bits per heavy atom. The van der Waals surface area contributed by atoms with Crippen molar-refractivity contribution in [2.45, 2.75) is 0 Å². The zero-order valence-corrected chi connectivity index (χ0v) is 24.9. The fraction of sp³-hybridized carbons (Fsp3) is 0. The van der Waals surface area contributed by atoms with E-state index in [4.69, 9.17) is 15.0 Å². The van der Waals surface area contributed by atoms with Gasteiger partial charge in [-0.2, -0.15) is 0 Å². The van der Waals surface area contributed by atoms with Crippen molar-refractivity contribution in [3.8, 4) is 45.3 Å². The Morgan fingerprint density at radius 3 is 1.70 bits per heavy atom. The van der Waals surface area contributed by atoms with Crippen molar-refractivity contribution in [3.05, 3.63) is 164 Å². The van der Waals surface area contributed by atoms with Crippen LogP contribution in [0.1, 0.15) is 0 Å². The molecule has 3 heteroatoms. The van der Waals surface area contributed by atoms with Crippen molar-refractivity contribution in [1.29, 1.82) is 0 Å². The van der Waals surface area contributed by atoms with Crippen LogP contribution in [0.4, 0.5) is 0 Å². The van der Waals surface area contributed by atoms with Crippen LogP contribution in [-0.2, 0) is 0 Å². The smallest absolute Gasteiger partial charge is 0.164 e. The van der Waals surface area contributed by atoms with Gasteiger partial charge in [-0.05, 0) is 66.3 Å². The summed E-state index contributed by atoms with van der Waals surface area (Å²) in [6, 6.07) is 57.6. The number of benzene rings is 8. The molecular weight excluding hydrogens is 558 g/mol. The van der Waals surface area contributed by atoms with Crippen LogP contribution >= 0.6 is 0 Å². The lowest BCUT2D eigenvalue weighted by atomic mass is 9.95. The molecule has 0 saturated carbocycles. The minimum Gasteiger partial charge on any atom is -0.208 e. The molecular formula is C43H27N3. The Kier molecular flexibility index (Phi) is 6.14. The maximum atomic E-state index is 5.14. The highest BCUT2D eigenvalue weighted by atomic mass is 15.0. The Hall–Kier alpha value is -6.19. The van der Waals surface area contributed by atoms with Crippen molar-refractivity contribution >= 4 is 43.1 Å². The second-order valence-electron chi connectivity index (χ2n) is 11.7. The van der Waals surface area contributed by atoms with Gasteiger partial charge in [0.15, 0.2) is 17.5 Å². The zero-order valence-electron chi connectivity index (χ0n) is 24.9. The van der Waals surface area contributed by atoms with Crippen molar-refractivity contribution in [2.75, 3.05) is 0 Å². The van der Waals surface area contributed by atoms with E-state index in [0.717, 1.165) is 33.2 Å². The number of fused-ring (bicyclic) bond motifs is 6. The van der Waals surface area contributed by atoms with E-state index in [-0.39, 0.29) is 0 Å². The van der Waals surface area contributed by atoms with Gasteiger partial charge < -0.3 is 0 Å². The minimum absolute atomic E-state index is 0.648. The first-order chi connectivity index (χ1) is 22.8. The third-order valence-electron chi connectivity index (χ3n) is 8.90. The Morgan fingerprint density at radius 1 is 0.261 bits per heavy atom. The molecule has 46 heavy (non-hydrogen) atoms. The molecule has 9 aromatic rings. The number of aromatic nitrogens is 3. The lowest BCUT2D eigenvalue weighted by molar-refractivity contribution is 1.08. The summed E-state index contributed by atoms with van der Waals surface area (Å²) in [5, 5.41) is 9.71. The molecule has 0 aliphatic carbocycles. The van der Waals surface area contributed by atoms with Crippen LogP contribution in [0.2, 0.25) is 0 Å². The predicted octanol–water partition coefficient (Wildman–Crippen LogP) is 11.2. The summed E-state index contributed by atoms with van der Waals surface area (Å²) in [7, 11) is 0. The van der Waals surface area contributed by atoms with Crippen LogP contribution in [0.15, 0.2) is 164 Å². The van der Waals surface area contributed by atoms with Gasteiger partial charge in [0.2, 0.25) is 0 Å². The molecule has 0 unspecified atom stereocenters. The highest BCUT2D eigenvalue weighted by Gasteiger charge is 2.16. The summed E-state index contributed by atoms with van der Waals surface area (Å²) < 4.78 is 0. The van der Waals surface area contributed by atoms with Crippen molar-refractivity contribution in [2.24, 2.45) is 0 Å². The molecule has 8 aromatic carbocycles. The molecule has 1 aromatic heterocycles. The molecule has 0 radical (unpaired) electrons. The standard InChI is InChI=1S/C43H27N3/c1-2-12-30(13-3-1)41-44-42(34-16-8-15-32(27-34)33-21-20-28-10-4-5-14-31(28)26-33)46-43(45-41)40-19-9-18-36-38-23-22-29-11-6-7-17-35(29)37(38)24-25-39(36)40/h1-27H. The number of rotatable bonds is 4. The molecule has 0 aliphatic rings. The van der Waals surface area contributed by atoms with Gasteiger partial charge in [-0.25, -0.2) is 15.0 Å². The predicted molar refractivity (Wildman–Crippen MR) is 192 cm³/mol. The van der Waals surface area contributed by atoms with Gasteiger partial charge in [0.05, 0.1) is 0 Å². The van der Waals surface area contributed by atoms with Gasteiger partial charge >= 0.3 is 0 Å². The van der Waals surface area contributed by atoms with Crippen molar-refractivity contribution in [3.63, 3.8) is 0 Å². The van der Waals surface area contributed by atoms with Gasteiger partial charge in [-0.15, -0.1) is 0 Å². The molecule has 9 rings (SSSR count). The van der Waals surface area contributed by atoms with E-state index in [1.165, 1.54) is 37.7 Å². The largest absolute Gasteiger partial charge is 0.208 e. The van der Waals surface area contributed by atoms with E-state index in [1.807, 2.05) is 18.2 Å². The normalized spacial score (nSPS) is 11.5. The molecule has 0 atom stereocenters. The number of hydrogen-bond acceptors (Lipinski definition) is 3. The lowest BCUT2D eigenvalue weighted by Gasteiger charge is -2.13. The molecule has 0 saturated heterocycles. The maximum absolute atomic E-state index is 5.14. The van der Waals surface area contributed by atoms with Gasteiger partial charge in [0.1, 0.15) is 0 Å². The zero-order chi connectivity index (χ0) is 30.5. The number of hydrogen-bond donors (Lipinski definition) is 0. The molecule has 214 valence electrons. The molecule has 0 N–H and O–H groups in total. The monoisotopic (exact) mass is 585 g/mol. The maximum Gasteiger partial charge on any atom is 0.164 e. The van der Waals surface area contributed by atoms with Crippen LogP contribution < -0.4 is 0 Å². The van der Waals surface area contributed by atoms with Crippen LogP contribution in [0, 0.1) is 0 Å². The topological polar surface area (TPSA) is 38.7 Å². The molecule has 0 amide bonds. The Labute approximate surface area is 266 Å². The van der Waals surface area contributed by atoms with E-state index in [9.17, 15) is 0 Å². The van der Waals surface area contributed by atoms with E-state index in [2.05, 4.69) is 146 Å². The summed E-state index contributed by atoms with van der Waals surface area (Å²) in [6.45, 7) is 0. The highest BCUT2D eigenvalue weighted by Crippen LogP contribution is 2.36. The third-order valence-corrected chi connectivity index (χ3v) is 8.90. The van der Waals surface area contributed by atoms with E-state index in [1.54, 1.807) is 0 Å². The summed E-state index contributed by atoms with van der Waals surface area (Å²) in [5.41, 5.74) is 5.17. The first-order valence-electron chi connectivity index (χ1n) is 15.5. The first kappa shape index (κ1) is 26.2. The molecule has 1 heterocycles. The quantitative estimate of drug-likeness (QED) is 0.193. The minimum atomic E-state index is 0.648. The average Bonchev–Trinajstić information content (AvgIpc) is 3.14. The lowest BCUT2D eigenvalue weighted by Crippen LogP contribution is -2.00. The van der Waals surface area contributed by atoms with E-state index < -0.39 is 0 Å². The fourth-order valence-corrected chi connectivity index (χ4v) is 6.60. The summed E-state index contributed by atoms with van der Waals surface area (Å²) >= 11 is 0. The Balaban J connectivity index is 1.23. The highest BCUT2D eigenvalue weighted by molar-refractivity contribution is 6.19. The van der Waals surface area contributed by atoms with Crippen molar-refractivity contribution in [1.82, 2.24) is 15.0 Å². The van der Waals surface area contributed by atoms with Gasteiger partial charge in [0, 0.05) is 16.7 Å². The van der Waals surface area contributed by atoms with Gasteiger partial charge in [0.25, 0.3) is 0 Å². The number of nitrogens with zero attached hydrogens (tertiary/aromatic N) is 3. The summed E-state index contributed by atoms with van der Waals surface area (Å²) in [6.07, 6.45) is 0. The van der Waals surface area contributed by atoms with Crippen LogP contribution in [-0.4, -0.2) is 15.0 Å². The average molecular weight is 586 g/mol. The van der Waals surface area contributed by atoms with E-state index in [0.29, 0.717) is 17.5 Å². The second kappa shape index (κ2) is 10.8. The molecule has 0 aliphatic heterocycles. The van der Waals surface area contributed by atoms with Gasteiger partial charge in [-0.1, -0.05) is 152 Å². The summed E-state index contributed by atoms with van der Waals surface area (Å²) in [4.78, 5) is 15.2. The van der Waals surface area contributed by atoms with Crippen LogP contribution in [0.25, 0.3) is 88.4 Å². The molecule has 3 nitrogen and oxygen atoms in total. The van der Waals surface area contributed by atoms with Gasteiger partial charge in [-0.3, -0.25) is 0 Å². The SMILES string of the molecule is c1ccc(-c2nc(-c3cccc(-c4ccc5ccccc5c4)c3)nc(-c3cccc4c3ccc3c5ccccc5ccc43)n2)cc1. The fourth-order valence-electron chi connectivity index (χ4n) is 6.60. The van der Waals surface area contributed by atoms with Crippen LogP contribution in [0.3, 0.4) is 0 Å². The molecule has 0 fully saturated rings. The third kappa shape index (κ3) is 4.49. The molecule has 0 spiro atoms. The molecule has 0 bridgehead atoms.